The van der Waals surface area contributed by atoms with Gasteiger partial charge in [-0.05, 0) is 115 Å². The van der Waals surface area contributed by atoms with Crippen LogP contribution in [0.5, 0.6) is 0 Å². The number of carbonyl (C=O) groups excluding carboxylic acids is 5. The number of hydrogen-bond donors (Lipinski definition) is 6. The van der Waals surface area contributed by atoms with E-state index in [9.17, 15) is 32.4 Å². The number of hydrogen-bond acceptors (Lipinski definition) is 13. The number of fused-ring (bicyclic) bond motifs is 1. The van der Waals surface area contributed by atoms with Crippen LogP contribution in [0.2, 0.25) is 5.02 Å². The zero-order chi connectivity index (χ0) is 45.2. The van der Waals surface area contributed by atoms with Crippen LogP contribution in [0.15, 0.2) is 60.8 Å². The molecule has 4 aromatic rings. The van der Waals surface area contributed by atoms with Gasteiger partial charge >= 0.3 is 0 Å². The van der Waals surface area contributed by atoms with Crippen LogP contribution in [0.1, 0.15) is 89.5 Å². The molecule has 63 heavy (non-hydrogen) atoms. The molecule has 1 aromatic heterocycles. The van der Waals surface area contributed by atoms with Crippen LogP contribution in [-0.2, 0) is 19.6 Å². The lowest BCUT2D eigenvalue weighted by molar-refractivity contribution is -0.136. The van der Waals surface area contributed by atoms with Crippen molar-refractivity contribution in [1.29, 1.82) is 0 Å². The van der Waals surface area contributed by atoms with E-state index in [0.29, 0.717) is 47.8 Å². The first-order chi connectivity index (χ1) is 29.9. The van der Waals surface area contributed by atoms with E-state index in [1.807, 2.05) is 0 Å². The maximum atomic E-state index is 15.3. The van der Waals surface area contributed by atoms with Crippen LogP contribution < -0.4 is 31.3 Å². The number of piperidine rings is 2. The molecule has 1 unspecified atom stereocenters. The predicted molar refractivity (Wildman–Crippen MR) is 237 cm³/mol. The maximum absolute atomic E-state index is 15.3. The summed E-state index contributed by atoms with van der Waals surface area (Å²) in [5.74, 6) is -2.85. The molecule has 7 rings (SSSR count). The first-order valence-electron chi connectivity index (χ1n) is 20.5. The molecular formula is C43H48ClFN10O7S. The maximum Gasteiger partial charge on any atom is 0.262 e. The van der Waals surface area contributed by atoms with Gasteiger partial charge in [0.2, 0.25) is 27.8 Å². The standard InChI is InChI=1S/C43H48ClFN10O7S/c1-24-23-47-42(52-37(24)48-28-8-11-32(44)34(22-28)53-63(61,62)43(2,3)4)50-27-7-10-30(33(45)21-27)38(57)49-25-14-18-54(19-15-25)17-5-16-46-26-6-9-29-31(20-26)41(60)55(40(29)59)35-12-13-36(56)51-39(35)58/h6-11,20-23,25,35,46,53H,5,12-19H2,1-4H3,(H,49,57)(H,51,56,58)(H2,47,48,50,52). The molecule has 1 atom stereocenters. The Balaban J connectivity index is 0.856. The molecule has 0 bridgehead atoms. The lowest BCUT2D eigenvalue weighted by Crippen LogP contribution is -2.54. The van der Waals surface area contributed by atoms with Crippen molar-refractivity contribution in [3.8, 4) is 0 Å². The normalized spacial score (nSPS) is 17.3. The van der Waals surface area contributed by atoms with Crippen LogP contribution in [0.4, 0.5) is 38.9 Å². The van der Waals surface area contributed by atoms with Gasteiger partial charge in [-0.2, -0.15) is 4.98 Å². The number of aryl methyl sites for hydroxylation is 1. The van der Waals surface area contributed by atoms with Crippen LogP contribution in [0.25, 0.3) is 0 Å². The van der Waals surface area contributed by atoms with Gasteiger partial charge in [-0.3, -0.25) is 38.9 Å². The first kappa shape index (κ1) is 44.9. The molecule has 0 aliphatic carbocycles. The Morgan fingerprint density at radius 1 is 0.921 bits per heavy atom. The molecule has 5 amide bonds. The molecule has 2 fully saturated rings. The number of nitrogens with zero attached hydrogens (tertiary/aromatic N) is 4. The fraction of sp³-hybridized carbons (Fsp3) is 0.372. The number of sulfonamides is 1. The summed E-state index contributed by atoms with van der Waals surface area (Å²) >= 11 is 6.30. The highest BCUT2D eigenvalue weighted by Gasteiger charge is 2.44. The highest BCUT2D eigenvalue weighted by molar-refractivity contribution is 7.94. The molecule has 2 saturated heterocycles. The summed E-state index contributed by atoms with van der Waals surface area (Å²) in [4.78, 5) is 75.2. The second-order valence-corrected chi connectivity index (χ2v) is 19.5. The third kappa shape index (κ3) is 10.2. The Kier molecular flexibility index (Phi) is 13.0. The fourth-order valence-electron chi connectivity index (χ4n) is 7.33. The lowest BCUT2D eigenvalue weighted by Gasteiger charge is -2.32. The van der Waals surface area contributed by atoms with Gasteiger partial charge in [0.05, 0.1) is 32.1 Å². The second kappa shape index (κ2) is 18.3. The molecule has 6 N–H and O–H groups in total. The molecule has 0 radical (unpaired) electrons. The van der Waals surface area contributed by atoms with Crippen LogP contribution >= 0.6 is 11.6 Å². The predicted octanol–water partition coefficient (Wildman–Crippen LogP) is 5.70. The highest BCUT2D eigenvalue weighted by atomic mass is 35.5. The van der Waals surface area contributed by atoms with Gasteiger partial charge in [-0.25, -0.2) is 17.8 Å². The average molecular weight is 903 g/mol. The van der Waals surface area contributed by atoms with E-state index < -0.39 is 56.2 Å². The van der Waals surface area contributed by atoms with E-state index in [0.717, 1.165) is 31.0 Å². The average Bonchev–Trinajstić information content (AvgIpc) is 3.46. The van der Waals surface area contributed by atoms with Crippen LogP contribution in [0.3, 0.4) is 0 Å². The Bertz CT molecular complexity index is 2600. The minimum absolute atomic E-state index is 0.0539. The van der Waals surface area contributed by atoms with Crippen molar-refractivity contribution in [3.05, 3.63) is 93.9 Å². The Morgan fingerprint density at radius 2 is 1.62 bits per heavy atom. The van der Waals surface area contributed by atoms with Gasteiger partial charge in [-0.15, -0.1) is 0 Å². The molecule has 332 valence electrons. The van der Waals surface area contributed by atoms with Crippen LogP contribution in [-0.4, -0.2) is 101 Å². The minimum atomic E-state index is -3.73. The summed E-state index contributed by atoms with van der Waals surface area (Å²) in [6.45, 7) is 9.39. The summed E-state index contributed by atoms with van der Waals surface area (Å²) in [7, 11) is -3.73. The summed E-state index contributed by atoms with van der Waals surface area (Å²) in [6.07, 6.45) is 3.89. The van der Waals surface area contributed by atoms with Crippen molar-refractivity contribution in [2.75, 3.05) is 46.9 Å². The van der Waals surface area contributed by atoms with Gasteiger partial charge in [0.25, 0.3) is 17.7 Å². The molecule has 0 spiro atoms. The van der Waals surface area contributed by atoms with Gasteiger partial charge in [0, 0.05) is 60.9 Å². The van der Waals surface area contributed by atoms with Crippen molar-refractivity contribution in [2.45, 2.75) is 76.6 Å². The van der Waals surface area contributed by atoms with Gasteiger partial charge in [-0.1, -0.05) is 11.6 Å². The molecular weight excluding hydrogens is 855 g/mol. The quantitative estimate of drug-likeness (QED) is 0.0661. The largest absolute Gasteiger partial charge is 0.385 e. The summed E-state index contributed by atoms with van der Waals surface area (Å²) in [5.41, 5.74) is 2.73. The molecule has 3 aromatic carbocycles. The third-order valence-corrected chi connectivity index (χ3v) is 13.5. The van der Waals surface area contributed by atoms with Crippen molar-refractivity contribution >= 4 is 85.7 Å². The molecule has 3 aliphatic heterocycles. The zero-order valence-electron chi connectivity index (χ0n) is 35.1. The van der Waals surface area contributed by atoms with Gasteiger partial charge in [0.15, 0.2) is 0 Å². The number of halogens is 2. The molecule has 0 saturated carbocycles. The van der Waals surface area contributed by atoms with Crippen molar-refractivity contribution < 1.29 is 36.8 Å². The number of carbonyl (C=O) groups is 5. The number of amides is 5. The molecule has 17 nitrogen and oxygen atoms in total. The van der Waals surface area contributed by atoms with E-state index in [1.165, 1.54) is 12.1 Å². The topological polar surface area (TPSA) is 224 Å². The Morgan fingerprint density at radius 3 is 2.33 bits per heavy atom. The van der Waals surface area contributed by atoms with E-state index in [2.05, 4.69) is 46.2 Å². The monoisotopic (exact) mass is 902 g/mol. The van der Waals surface area contributed by atoms with Crippen LogP contribution in [0, 0.1) is 12.7 Å². The van der Waals surface area contributed by atoms with E-state index >= 15 is 4.39 Å². The van der Waals surface area contributed by atoms with Crippen molar-refractivity contribution in [1.82, 2.24) is 30.4 Å². The summed E-state index contributed by atoms with van der Waals surface area (Å²) < 4.78 is 42.3. The lowest BCUT2D eigenvalue weighted by atomic mass is 10.0. The van der Waals surface area contributed by atoms with E-state index in [1.54, 1.807) is 76.4 Å². The third-order valence-electron chi connectivity index (χ3n) is 11.1. The minimum Gasteiger partial charge on any atom is -0.385 e. The number of benzene rings is 3. The number of imide groups is 2. The fourth-order valence-corrected chi connectivity index (χ4v) is 8.32. The number of rotatable bonds is 14. The Labute approximate surface area is 369 Å². The smallest absolute Gasteiger partial charge is 0.262 e. The van der Waals surface area contributed by atoms with Gasteiger partial charge < -0.3 is 26.2 Å². The second-order valence-electron chi connectivity index (χ2n) is 16.7. The van der Waals surface area contributed by atoms with Crippen molar-refractivity contribution in [2.24, 2.45) is 0 Å². The number of nitrogens with one attached hydrogen (secondary N) is 6. The SMILES string of the molecule is Cc1cnc(Nc2ccc(C(=O)NC3CCN(CCCNc4ccc5c(c4)C(=O)N(C4CCC(=O)NC4=O)C5=O)CC3)c(F)c2)nc1Nc1ccc(Cl)c(NS(=O)(=O)C(C)(C)C)c1. The number of likely N-dealkylation sites (tertiary alicyclic amines) is 1. The molecule has 4 heterocycles. The first-order valence-corrected chi connectivity index (χ1v) is 22.3. The summed E-state index contributed by atoms with van der Waals surface area (Å²) in [5, 5.41) is 14.8. The van der Waals surface area contributed by atoms with E-state index in [4.69, 9.17) is 11.6 Å². The van der Waals surface area contributed by atoms with Crippen molar-refractivity contribution in [3.63, 3.8) is 0 Å². The molecule has 20 heteroatoms. The highest BCUT2D eigenvalue weighted by Crippen LogP contribution is 2.32. The number of anilines is 6. The Hall–Kier alpha value is -6.18. The molecule has 3 aliphatic rings. The zero-order valence-corrected chi connectivity index (χ0v) is 36.7. The summed E-state index contributed by atoms with van der Waals surface area (Å²) in [6, 6.07) is 12.7. The number of aromatic nitrogens is 2. The van der Waals surface area contributed by atoms with E-state index in [-0.39, 0.29) is 52.2 Å². The van der Waals surface area contributed by atoms with Gasteiger partial charge in [0.1, 0.15) is 17.7 Å².